The molecule has 1 aliphatic rings. The maximum absolute atomic E-state index is 11.6. The number of carbonyl (C=O) groups excluding carboxylic acids is 1. The van der Waals surface area contributed by atoms with Crippen LogP contribution in [0.1, 0.15) is 30.6 Å². The van der Waals surface area contributed by atoms with Gasteiger partial charge in [-0.2, -0.15) is 0 Å². The van der Waals surface area contributed by atoms with Gasteiger partial charge in [-0.1, -0.05) is 12.1 Å². The average Bonchev–Trinajstić information content (AvgIpc) is 2.37. The highest BCUT2D eigenvalue weighted by Gasteiger charge is 2.21. The Morgan fingerprint density at radius 3 is 3.00 bits per heavy atom. The number of amides is 1. The molecule has 1 aromatic carbocycles. The molecule has 4 nitrogen and oxygen atoms in total. The first-order valence-corrected chi connectivity index (χ1v) is 6.37. The molecule has 2 N–H and O–H groups in total. The lowest BCUT2D eigenvalue weighted by molar-refractivity contribution is -0.116. The average molecular weight is 248 g/mol. The monoisotopic (exact) mass is 248 g/mol. The van der Waals surface area contributed by atoms with E-state index in [-0.39, 0.29) is 5.91 Å². The lowest BCUT2D eigenvalue weighted by atomic mass is 9.97. The summed E-state index contributed by atoms with van der Waals surface area (Å²) in [6.45, 7) is 2.87. The molecule has 1 aromatic rings. The minimum absolute atomic E-state index is 0.0659. The Kier molecular flexibility index (Phi) is 3.99. The summed E-state index contributed by atoms with van der Waals surface area (Å²) in [7, 11) is 1.81. The van der Waals surface area contributed by atoms with E-state index in [0.29, 0.717) is 6.54 Å². The van der Waals surface area contributed by atoms with Crippen LogP contribution >= 0.6 is 0 Å². The van der Waals surface area contributed by atoms with E-state index in [9.17, 15) is 9.90 Å². The Balaban J connectivity index is 2.33. The largest absolute Gasteiger partial charge is 0.387 e. The predicted molar refractivity (Wildman–Crippen MR) is 71.7 cm³/mol. The minimum atomic E-state index is -0.531. The summed E-state index contributed by atoms with van der Waals surface area (Å²) in [6, 6.07) is 5.92. The summed E-state index contributed by atoms with van der Waals surface area (Å²) >= 11 is 0. The topological polar surface area (TPSA) is 52.6 Å². The Hall–Kier alpha value is -1.39. The Morgan fingerprint density at radius 2 is 2.33 bits per heavy atom. The quantitative estimate of drug-likeness (QED) is 0.846. The number of anilines is 1. The summed E-state index contributed by atoms with van der Waals surface area (Å²) in [5.41, 5.74) is 3.01. The summed E-state index contributed by atoms with van der Waals surface area (Å²) < 4.78 is 0. The number of aliphatic hydroxyl groups excluding tert-OH is 1. The Labute approximate surface area is 108 Å². The standard InChI is InChI=1S/C14H20N2O2/c1-10(17)16-7-3-4-11-5-6-12(8-13(11)16)14(18)9-15-2/h5-6,8,14-15,18H,3-4,7,9H2,1-2H3. The van der Waals surface area contributed by atoms with Gasteiger partial charge in [-0.15, -0.1) is 0 Å². The molecule has 1 heterocycles. The molecule has 2 rings (SSSR count). The van der Waals surface area contributed by atoms with Crippen molar-refractivity contribution in [3.63, 3.8) is 0 Å². The Morgan fingerprint density at radius 1 is 1.56 bits per heavy atom. The van der Waals surface area contributed by atoms with Crippen LogP contribution < -0.4 is 10.2 Å². The smallest absolute Gasteiger partial charge is 0.223 e. The molecule has 0 aromatic heterocycles. The van der Waals surface area contributed by atoms with E-state index < -0.39 is 6.10 Å². The number of nitrogens with one attached hydrogen (secondary N) is 1. The van der Waals surface area contributed by atoms with Gasteiger partial charge in [0.05, 0.1) is 6.10 Å². The third kappa shape index (κ3) is 2.54. The zero-order valence-electron chi connectivity index (χ0n) is 10.9. The van der Waals surface area contributed by atoms with Crippen molar-refractivity contribution in [2.45, 2.75) is 25.9 Å². The van der Waals surface area contributed by atoms with E-state index in [1.165, 1.54) is 5.56 Å². The van der Waals surface area contributed by atoms with Crippen LogP contribution in [0.25, 0.3) is 0 Å². The molecule has 0 spiro atoms. The first kappa shape index (κ1) is 13.1. The molecule has 0 saturated carbocycles. The second-order valence-corrected chi connectivity index (χ2v) is 4.74. The molecule has 0 bridgehead atoms. The molecule has 18 heavy (non-hydrogen) atoms. The van der Waals surface area contributed by atoms with E-state index in [1.54, 1.807) is 11.8 Å². The van der Waals surface area contributed by atoms with Crippen LogP contribution in [0.5, 0.6) is 0 Å². The molecular formula is C14H20N2O2. The van der Waals surface area contributed by atoms with Crippen LogP contribution in [-0.4, -0.2) is 31.2 Å². The SMILES string of the molecule is CNCC(O)c1ccc2c(c1)N(C(C)=O)CCC2. The van der Waals surface area contributed by atoms with Gasteiger partial charge < -0.3 is 15.3 Å². The second kappa shape index (κ2) is 5.50. The molecule has 0 radical (unpaired) electrons. The van der Waals surface area contributed by atoms with E-state index in [1.807, 2.05) is 25.2 Å². The zero-order chi connectivity index (χ0) is 13.1. The highest BCUT2D eigenvalue weighted by atomic mass is 16.3. The highest BCUT2D eigenvalue weighted by molar-refractivity contribution is 5.92. The lowest BCUT2D eigenvalue weighted by Crippen LogP contribution is -2.33. The van der Waals surface area contributed by atoms with Gasteiger partial charge >= 0.3 is 0 Å². The summed E-state index contributed by atoms with van der Waals surface area (Å²) in [6.07, 6.45) is 1.48. The van der Waals surface area contributed by atoms with Gasteiger partial charge in [0.25, 0.3) is 0 Å². The van der Waals surface area contributed by atoms with Crippen LogP contribution in [0, 0.1) is 0 Å². The first-order valence-electron chi connectivity index (χ1n) is 6.37. The van der Waals surface area contributed by atoms with Crippen molar-refractivity contribution >= 4 is 11.6 Å². The van der Waals surface area contributed by atoms with E-state index in [2.05, 4.69) is 5.32 Å². The fourth-order valence-electron chi connectivity index (χ4n) is 2.44. The number of aryl methyl sites for hydroxylation is 1. The molecule has 98 valence electrons. The van der Waals surface area contributed by atoms with E-state index in [0.717, 1.165) is 30.6 Å². The van der Waals surface area contributed by atoms with Crippen LogP contribution in [0.15, 0.2) is 18.2 Å². The van der Waals surface area contributed by atoms with Crippen molar-refractivity contribution in [3.05, 3.63) is 29.3 Å². The first-order chi connectivity index (χ1) is 8.63. The summed E-state index contributed by atoms with van der Waals surface area (Å²) in [5.74, 6) is 0.0659. The molecular weight excluding hydrogens is 228 g/mol. The van der Waals surface area contributed by atoms with Crippen molar-refractivity contribution in [1.82, 2.24) is 5.32 Å². The predicted octanol–water partition coefficient (Wildman–Crippen LogP) is 1.24. The molecule has 0 aliphatic carbocycles. The number of rotatable bonds is 3. The number of hydrogen-bond donors (Lipinski definition) is 2. The maximum atomic E-state index is 11.6. The van der Waals surface area contributed by atoms with Crippen LogP contribution in [0.2, 0.25) is 0 Å². The number of aliphatic hydroxyl groups is 1. The van der Waals surface area contributed by atoms with Gasteiger partial charge in [-0.3, -0.25) is 4.79 Å². The van der Waals surface area contributed by atoms with Gasteiger partial charge in [-0.25, -0.2) is 0 Å². The van der Waals surface area contributed by atoms with E-state index >= 15 is 0 Å². The van der Waals surface area contributed by atoms with Crippen LogP contribution in [-0.2, 0) is 11.2 Å². The van der Waals surface area contributed by atoms with Crippen molar-refractivity contribution in [1.29, 1.82) is 0 Å². The number of hydrogen-bond acceptors (Lipinski definition) is 3. The number of carbonyl (C=O) groups is 1. The van der Waals surface area contributed by atoms with Gasteiger partial charge in [0, 0.05) is 25.7 Å². The fourth-order valence-corrected chi connectivity index (χ4v) is 2.44. The highest BCUT2D eigenvalue weighted by Crippen LogP contribution is 2.30. The third-order valence-electron chi connectivity index (χ3n) is 3.39. The van der Waals surface area contributed by atoms with Crippen LogP contribution in [0.4, 0.5) is 5.69 Å². The minimum Gasteiger partial charge on any atom is -0.387 e. The normalized spacial score (nSPS) is 16.3. The van der Waals surface area contributed by atoms with Crippen molar-refractivity contribution < 1.29 is 9.90 Å². The van der Waals surface area contributed by atoms with Crippen molar-refractivity contribution in [2.75, 3.05) is 25.0 Å². The molecule has 1 atom stereocenters. The third-order valence-corrected chi connectivity index (χ3v) is 3.39. The molecule has 1 aliphatic heterocycles. The summed E-state index contributed by atoms with van der Waals surface area (Å²) in [4.78, 5) is 13.4. The number of benzene rings is 1. The molecule has 4 heteroatoms. The number of nitrogens with zero attached hydrogens (tertiary/aromatic N) is 1. The summed E-state index contributed by atoms with van der Waals surface area (Å²) in [5, 5.41) is 12.9. The molecule has 1 unspecified atom stereocenters. The molecule has 1 amide bonds. The van der Waals surface area contributed by atoms with Crippen molar-refractivity contribution in [3.8, 4) is 0 Å². The van der Waals surface area contributed by atoms with Gasteiger partial charge in [0.2, 0.25) is 5.91 Å². The fraction of sp³-hybridized carbons (Fsp3) is 0.500. The van der Waals surface area contributed by atoms with E-state index in [4.69, 9.17) is 0 Å². The number of likely N-dealkylation sites (N-methyl/N-ethyl adjacent to an activating group) is 1. The maximum Gasteiger partial charge on any atom is 0.223 e. The molecule has 0 saturated heterocycles. The van der Waals surface area contributed by atoms with Gasteiger partial charge in [0.1, 0.15) is 0 Å². The van der Waals surface area contributed by atoms with Crippen molar-refractivity contribution in [2.24, 2.45) is 0 Å². The van der Waals surface area contributed by atoms with Crippen LogP contribution in [0.3, 0.4) is 0 Å². The second-order valence-electron chi connectivity index (χ2n) is 4.74. The number of fused-ring (bicyclic) bond motifs is 1. The molecule has 0 fully saturated rings. The lowest BCUT2D eigenvalue weighted by Gasteiger charge is -2.29. The van der Waals surface area contributed by atoms with Gasteiger partial charge in [-0.05, 0) is 37.1 Å². The van der Waals surface area contributed by atoms with Gasteiger partial charge in [0.15, 0.2) is 0 Å². The zero-order valence-corrected chi connectivity index (χ0v) is 10.9. The Bertz CT molecular complexity index is 445.